The largest absolute Gasteiger partial charge is 0.368 e. The predicted octanol–water partition coefficient (Wildman–Crippen LogP) is 3.19. The minimum absolute atomic E-state index is 0.0109. The second-order valence-corrected chi connectivity index (χ2v) is 11.3. The lowest BCUT2D eigenvalue weighted by Gasteiger charge is -2.35. The number of benzene rings is 1. The highest BCUT2D eigenvalue weighted by Crippen LogP contribution is 2.34. The number of aryl methyl sites for hydroxylation is 1. The number of nitrogens with zero attached hydrogens (tertiary/aromatic N) is 4. The van der Waals surface area contributed by atoms with Gasteiger partial charge in [-0.05, 0) is 51.3 Å². The Bertz CT molecular complexity index is 1360. The number of hydrogen-bond acceptors (Lipinski definition) is 7. The van der Waals surface area contributed by atoms with Crippen LogP contribution in [0.15, 0.2) is 30.5 Å². The smallest absolute Gasteiger partial charge is 0.256 e. The molecule has 1 amide bonds. The van der Waals surface area contributed by atoms with E-state index in [9.17, 15) is 13.2 Å². The van der Waals surface area contributed by atoms with Crippen molar-refractivity contribution in [3.8, 4) is 0 Å². The summed E-state index contributed by atoms with van der Waals surface area (Å²) in [6.07, 6.45) is 5.46. The average molecular weight is 520 g/mol. The monoisotopic (exact) mass is 519 g/mol. The Kier molecular flexibility index (Phi) is 7.20. The molecule has 4 rings (SSSR count). The normalized spacial score (nSPS) is 17.4. The van der Waals surface area contributed by atoms with Gasteiger partial charge in [0.15, 0.2) is 5.65 Å². The predicted molar refractivity (Wildman–Crippen MR) is 137 cm³/mol. The van der Waals surface area contributed by atoms with Crippen LogP contribution in [0.4, 0.5) is 11.5 Å². The van der Waals surface area contributed by atoms with Gasteiger partial charge in [-0.25, -0.2) is 17.9 Å². The van der Waals surface area contributed by atoms with Gasteiger partial charge in [0.1, 0.15) is 5.82 Å². The van der Waals surface area contributed by atoms with E-state index in [1.807, 2.05) is 26.1 Å². The zero-order chi connectivity index (χ0) is 25.3. The van der Waals surface area contributed by atoms with Gasteiger partial charge in [0.05, 0.1) is 29.2 Å². The average Bonchev–Trinajstić information content (AvgIpc) is 3.19. The fourth-order valence-electron chi connectivity index (χ4n) is 4.25. The summed E-state index contributed by atoms with van der Waals surface area (Å²) >= 11 is 6.17. The van der Waals surface area contributed by atoms with Gasteiger partial charge in [0, 0.05) is 42.0 Å². The number of nitrogens with two attached hydrogens (primary N) is 1. The summed E-state index contributed by atoms with van der Waals surface area (Å²) in [5.74, 6) is 0.442. The molecular formula is C23H30ClN7O3S. The molecule has 10 nitrogen and oxygen atoms in total. The third kappa shape index (κ3) is 5.85. The number of hydrogen-bond donors (Lipinski definition) is 3. The number of aromatic nitrogens is 3. The number of anilines is 2. The number of amides is 1. The van der Waals surface area contributed by atoms with Crippen molar-refractivity contribution in [2.75, 3.05) is 29.4 Å². The van der Waals surface area contributed by atoms with Crippen molar-refractivity contribution in [2.45, 2.75) is 45.2 Å². The molecule has 0 bridgehead atoms. The van der Waals surface area contributed by atoms with Gasteiger partial charge in [0.25, 0.3) is 5.91 Å². The molecule has 1 saturated heterocycles. The molecule has 1 aliphatic heterocycles. The maximum absolute atomic E-state index is 13.7. The van der Waals surface area contributed by atoms with Gasteiger partial charge in [-0.3, -0.25) is 9.52 Å². The fourth-order valence-corrected chi connectivity index (χ4v) is 5.00. The summed E-state index contributed by atoms with van der Waals surface area (Å²) in [4.78, 5) is 20.1. The van der Waals surface area contributed by atoms with Crippen LogP contribution in [0.3, 0.4) is 0 Å². The van der Waals surface area contributed by atoms with Crippen molar-refractivity contribution in [1.82, 2.24) is 19.5 Å². The number of nitrogens with one attached hydrogen (secondary N) is 2. The second-order valence-electron chi connectivity index (χ2n) is 9.08. The van der Waals surface area contributed by atoms with Crippen LogP contribution in [0, 0.1) is 6.92 Å². The van der Waals surface area contributed by atoms with Crippen molar-refractivity contribution >= 4 is 44.7 Å². The summed E-state index contributed by atoms with van der Waals surface area (Å²) in [5.41, 5.74) is 8.59. The zero-order valence-electron chi connectivity index (χ0n) is 20.0. The van der Waals surface area contributed by atoms with Crippen LogP contribution in [-0.4, -0.2) is 59.2 Å². The summed E-state index contributed by atoms with van der Waals surface area (Å²) in [6.45, 7) is 4.99. The van der Waals surface area contributed by atoms with E-state index in [1.54, 1.807) is 15.5 Å². The van der Waals surface area contributed by atoms with Crippen LogP contribution in [0.1, 0.15) is 53.8 Å². The molecule has 1 aromatic carbocycles. The molecule has 35 heavy (non-hydrogen) atoms. The Balaban J connectivity index is 1.68. The van der Waals surface area contributed by atoms with E-state index in [1.165, 1.54) is 12.1 Å². The molecule has 2 unspecified atom stereocenters. The molecule has 0 saturated carbocycles. The van der Waals surface area contributed by atoms with Gasteiger partial charge < -0.3 is 16.0 Å². The van der Waals surface area contributed by atoms with Crippen molar-refractivity contribution in [3.63, 3.8) is 0 Å². The first kappa shape index (κ1) is 25.2. The molecule has 1 fully saturated rings. The van der Waals surface area contributed by atoms with E-state index in [0.29, 0.717) is 23.8 Å². The van der Waals surface area contributed by atoms with Crippen molar-refractivity contribution in [1.29, 1.82) is 0 Å². The Hall–Kier alpha value is -2.89. The number of rotatable bonds is 7. The van der Waals surface area contributed by atoms with Gasteiger partial charge in [0.2, 0.25) is 10.0 Å². The number of carbonyl (C=O) groups excluding carboxylic acids is 1. The Morgan fingerprint density at radius 1 is 1.31 bits per heavy atom. The molecule has 0 aliphatic carbocycles. The SMILES string of the molecule is Cc1cn2nc(C3CCCCN3C(=O)c3cc(Cl)ccc3NS(C)(=O)=O)cc2nc1NCC(C)N. The first-order valence-electron chi connectivity index (χ1n) is 11.5. The Morgan fingerprint density at radius 2 is 2.09 bits per heavy atom. The highest BCUT2D eigenvalue weighted by atomic mass is 35.5. The number of halogens is 1. The summed E-state index contributed by atoms with van der Waals surface area (Å²) in [7, 11) is -3.58. The minimum atomic E-state index is -3.58. The lowest BCUT2D eigenvalue weighted by Crippen LogP contribution is -2.39. The van der Waals surface area contributed by atoms with E-state index in [-0.39, 0.29) is 29.2 Å². The molecule has 3 heterocycles. The molecule has 188 valence electrons. The summed E-state index contributed by atoms with van der Waals surface area (Å²) < 4.78 is 27.9. The topological polar surface area (TPSA) is 135 Å². The van der Waals surface area contributed by atoms with Gasteiger partial charge >= 0.3 is 0 Å². The van der Waals surface area contributed by atoms with Crippen LogP contribution in [0.5, 0.6) is 0 Å². The molecule has 12 heteroatoms. The lowest BCUT2D eigenvalue weighted by atomic mass is 9.98. The van der Waals surface area contributed by atoms with E-state index in [0.717, 1.165) is 42.6 Å². The number of piperidine rings is 1. The van der Waals surface area contributed by atoms with Crippen LogP contribution in [0.25, 0.3) is 5.65 Å². The van der Waals surface area contributed by atoms with E-state index in [2.05, 4.69) is 10.0 Å². The maximum atomic E-state index is 13.7. The number of fused-ring (bicyclic) bond motifs is 1. The third-order valence-electron chi connectivity index (χ3n) is 5.85. The highest BCUT2D eigenvalue weighted by molar-refractivity contribution is 7.92. The molecule has 0 spiro atoms. The number of sulfonamides is 1. The molecule has 3 aromatic rings. The first-order chi connectivity index (χ1) is 16.5. The lowest BCUT2D eigenvalue weighted by molar-refractivity contribution is 0.0607. The van der Waals surface area contributed by atoms with Crippen molar-refractivity contribution in [2.24, 2.45) is 5.73 Å². The molecule has 2 atom stereocenters. The van der Waals surface area contributed by atoms with E-state index < -0.39 is 10.0 Å². The van der Waals surface area contributed by atoms with Gasteiger partial charge in [-0.15, -0.1) is 0 Å². The van der Waals surface area contributed by atoms with Crippen LogP contribution in [-0.2, 0) is 10.0 Å². The molecule has 1 aliphatic rings. The molecule has 4 N–H and O–H groups in total. The van der Waals surface area contributed by atoms with Crippen molar-refractivity contribution < 1.29 is 13.2 Å². The van der Waals surface area contributed by atoms with Gasteiger partial charge in [-0.2, -0.15) is 5.10 Å². The number of likely N-dealkylation sites (tertiary alicyclic amines) is 1. The van der Waals surface area contributed by atoms with Crippen LogP contribution in [0.2, 0.25) is 5.02 Å². The van der Waals surface area contributed by atoms with Gasteiger partial charge in [-0.1, -0.05) is 11.6 Å². The quantitative estimate of drug-likeness (QED) is 0.436. The first-order valence-corrected chi connectivity index (χ1v) is 13.7. The fraction of sp³-hybridized carbons (Fsp3) is 0.435. The van der Waals surface area contributed by atoms with Crippen LogP contribution < -0.4 is 15.8 Å². The molecular weight excluding hydrogens is 490 g/mol. The van der Waals surface area contributed by atoms with Crippen LogP contribution >= 0.6 is 11.6 Å². The minimum Gasteiger partial charge on any atom is -0.368 e. The molecule has 0 radical (unpaired) electrons. The van der Waals surface area contributed by atoms with E-state index >= 15 is 0 Å². The second kappa shape index (κ2) is 10.00. The highest BCUT2D eigenvalue weighted by Gasteiger charge is 2.32. The summed E-state index contributed by atoms with van der Waals surface area (Å²) in [5, 5.41) is 8.34. The van der Waals surface area contributed by atoms with E-state index in [4.69, 9.17) is 27.4 Å². The standard InChI is InChI=1S/C23H30ClN7O3S/c1-14-13-31-21(27-22(14)26-12-15(2)25)11-19(28-31)20-6-4-5-9-30(20)23(32)17-10-16(24)7-8-18(17)29-35(3,33)34/h7-8,10-11,13,15,20,29H,4-6,9,12,25H2,1-3H3,(H,26,27). The summed E-state index contributed by atoms with van der Waals surface area (Å²) in [6, 6.07) is 6.15. The number of carbonyl (C=O) groups is 1. The van der Waals surface area contributed by atoms with Crippen molar-refractivity contribution in [3.05, 3.63) is 52.3 Å². The maximum Gasteiger partial charge on any atom is 0.256 e. The zero-order valence-corrected chi connectivity index (χ0v) is 21.5. The Morgan fingerprint density at radius 3 is 2.80 bits per heavy atom. The Labute approximate surface area is 209 Å². The third-order valence-corrected chi connectivity index (χ3v) is 6.68. The molecule has 2 aromatic heterocycles.